The lowest BCUT2D eigenvalue weighted by Gasteiger charge is -2.03. The van der Waals surface area contributed by atoms with Crippen LogP contribution >= 0.6 is 11.3 Å². The molecular weight excluding hydrogens is 152 g/mol. The van der Waals surface area contributed by atoms with Crippen LogP contribution in [0.4, 0.5) is 0 Å². The fourth-order valence-corrected chi connectivity index (χ4v) is 1.07. The smallest absolute Gasteiger partial charge is 0.294 e. The van der Waals surface area contributed by atoms with Gasteiger partial charge in [-0.25, -0.2) is 4.98 Å². The normalized spacial score (nSPS) is 12.5. The van der Waals surface area contributed by atoms with Crippen molar-refractivity contribution in [3.63, 3.8) is 0 Å². The molecule has 1 aromatic heterocycles. The first-order chi connectivity index (χ1) is 4.84. The van der Waals surface area contributed by atoms with E-state index in [1.165, 1.54) is 11.3 Å². The Hall–Kier alpha value is -0.940. The van der Waals surface area contributed by atoms with Gasteiger partial charge in [-0.2, -0.15) is 0 Å². The van der Waals surface area contributed by atoms with Crippen molar-refractivity contribution in [2.24, 2.45) is 5.73 Å². The van der Waals surface area contributed by atoms with Gasteiger partial charge >= 0.3 is 0 Å². The molecule has 1 heterocycles. The summed E-state index contributed by atoms with van der Waals surface area (Å²) >= 11 is 1.41. The van der Waals surface area contributed by atoms with Gasteiger partial charge in [-0.05, 0) is 0 Å². The quantitative estimate of drug-likeness (QED) is 0.506. The number of hydrogen-bond donors (Lipinski definition) is 1. The van der Waals surface area contributed by atoms with E-state index in [2.05, 4.69) is 9.72 Å². The molecule has 0 saturated heterocycles. The minimum Gasteiger partial charge on any atom is -0.443 e. The lowest BCUT2D eigenvalue weighted by molar-refractivity contribution is -0.133. The number of nitrogens with two attached hydrogens (primary N) is 1. The zero-order chi connectivity index (χ0) is 7.40. The first-order valence-corrected chi connectivity index (χ1v) is 3.51. The number of ether oxygens (including phenoxy) is 1. The van der Waals surface area contributed by atoms with Crippen molar-refractivity contribution in [2.75, 3.05) is 0 Å². The van der Waals surface area contributed by atoms with Crippen molar-refractivity contribution in [3.8, 4) is 0 Å². The van der Waals surface area contributed by atoms with Gasteiger partial charge in [-0.15, -0.1) is 11.3 Å². The molecule has 0 fully saturated rings. The standard InChI is InChI=1S/C5H6N2O2S/c6-5(9-3-8)4-1-10-2-7-4/h1-3,5H,6H2. The number of hydrogen-bond acceptors (Lipinski definition) is 5. The van der Waals surface area contributed by atoms with Crippen LogP contribution in [0, 0.1) is 0 Å². The Balaban J connectivity index is 2.58. The van der Waals surface area contributed by atoms with E-state index < -0.39 is 6.23 Å². The van der Waals surface area contributed by atoms with E-state index in [1.54, 1.807) is 10.9 Å². The van der Waals surface area contributed by atoms with E-state index in [9.17, 15) is 4.79 Å². The summed E-state index contributed by atoms with van der Waals surface area (Å²) in [5, 5.41) is 1.73. The van der Waals surface area contributed by atoms with Gasteiger partial charge in [0.05, 0.1) is 5.51 Å². The molecule has 54 valence electrons. The van der Waals surface area contributed by atoms with E-state index in [0.717, 1.165) is 0 Å². The molecule has 10 heavy (non-hydrogen) atoms. The number of nitrogens with zero attached hydrogens (tertiary/aromatic N) is 1. The number of aromatic nitrogens is 1. The van der Waals surface area contributed by atoms with Gasteiger partial charge in [-0.3, -0.25) is 10.5 Å². The maximum atomic E-state index is 9.78. The van der Waals surface area contributed by atoms with Gasteiger partial charge in [0.2, 0.25) is 0 Å². The minimum absolute atomic E-state index is 0.310. The van der Waals surface area contributed by atoms with Crippen LogP contribution in [0.15, 0.2) is 10.9 Å². The number of carbonyl (C=O) groups is 1. The van der Waals surface area contributed by atoms with Gasteiger partial charge < -0.3 is 4.74 Å². The lowest BCUT2D eigenvalue weighted by Crippen LogP contribution is -2.13. The van der Waals surface area contributed by atoms with Crippen molar-refractivity contribution in [1.29, 1.82) is 0 Å². The molecule has 2 N–H and O–H groups in total. The van der Waals surface area contributed by atoms with Crippen molar-refractivity contribution in [3.05, 3.63) is 16.6 Å². The fourth-order valence-electron chi connectivity index (χ4n) is 0.492. The van der Waals surface area contributed by atoms with Crippen molar-refractivity contribution in [2.45, 2.75) is 6.23 Å². The Morgan fingerprint density at radius 1 is 1.90 bits per heavy atom. The summed E-state index contributed by atoms with van der Waals surface area (Å²) in [5.41, 5.74) is 7.55. The summed E-state index contributed by atoms with van der Waals surface area (Å²) in [5.74, 6) is 0. The predicted molar refractivity (Wildman–Crippen MR) is 36.2 cm³/mol. The second kappa shape index (κ2) is 3.28. The summed E-state index contributed by atoms with van der Waals surface area (Å²) in [6.45, 7) is 0.310. The van der Waals surface area contributed by atoms with E-state index in [4.69, 9.17) is 5.73 Å². The highest BCUT2D eigenvalue weighted by atomic mass is 32.1. The van der Waals surface area contributed by atoms with Crippen LogP contribution < -0.4 is 5.73 Å². The highest BCUT2D eigenvalue weighted by molar-refractivity contribution is 7.07. The first kappa shape index (κ1) is 7.17. The first-order valence-electron chi connectivity index (χ1n) is 2.57. The van der Waals surface area contributed by atoms with E-state index in [1.807, 2.05) is 0 Å². The SMILES string of the molecule is NC(OC=O)c1cscn1. The third kappa shape index (κ3) is 1.52. The van der Waals surface area contributed by atoms with Crippen LogP contribution in [0.3, 0.4) is 0 Å². The molecule has 0 aliphatic carbocycles. The van der Waals surface area contributed by atoms with E-state index in [-0.39, 0.29) is 0 Å². The number of rotatable bonds is 3. The zero-order valence-corrected chi connectivity index (χ0v) is 5.88. The van der Waals surface area contributed by atoms with Crippen molar-refractivity contribution >= 4 is 17.8 Å². The molecule has 4 nitrogen and oxygen atoms in total. The molecule has 0 aromatic carbocycles. The minimum atomic E-state index is -0.719. The van der Waals surface area contributed by atoms with Crippen LogP contribution in [0.2, 0.25) is 0 Å². The van der Waals surface area contributed by atoms with Crippen LogP contribution in [-0.4, -0.2) is 11.5 Å². The lowest BCUT2D eigenvalue weighted by atomic mass is 10.4. The van der Waals surface area contributed by atoms with Crippen LogP contribution in [-0.2, 0) is 9.53 Å². The fraction of sp³-hybridized carbons (Fsp3) is 0.200. The van der Waals surface area contributed by atoms with Crippen molar-refractivity contribution in [1.82, 2.24) is 4.98 Å². The molecule has 0 spiro atoms. The molecule has 0 bridgehead atoms. The van der Waals surface area contributed by atoms with Gasteiger partial charge in [0.1, 0.15) is 5.69 Å². The number of thiazole rings is 1. The highest BCUT2D eigenvalue weighted by Crippen LogP contribution is 2.09. The summed E-state index contributed by atoms with van der Waals surface area (Å²) < 4.78 is 4.43. The van der Waals surface area contributed by atoms with Gasteiger partial charge in [0.25, 0.3) is 6.47 Å². The van der Waals surface area contributed by atoms with Gasteiger partial charge in [0, 0.05) is 5.38 Å². The Morgan fingerprint density at radius 3 is 3.20 bits per heavy atom. The maximum absolute atomic E-state index is 9.78. The van der Waals surface area contributed by atoms with Crippen LogP contribution in [0.25, 0.3) is 0 Å². The van der Waals surface area contributed by atoms with Crippen molar-refractivity contribution < 1.29 is 9.53 Å². The van der Waals surface area contributed by atoms with E-state index >= 15 is 0 Å². The summed E-state index contributed by atoms with van der Waals surface area (Å²) in [6.07, 6.45) is -0.719. The second-order valence-electron chi connectivity index (χ2n) is 1.57. The highest BCUT2D eigenvalue weighted by Gasteiger charge is 2.06. The molecule has 1 atom stereocenters. The molecule has 0 amide bonds. The third-order valence-corrected chi connectivity index (χ3v) is 1.55. The second-order valence-corrected chi connectivity index (χ2v) is 2.28. The average Bonchev–Trinajstić information content (AvgIpc) is 2.38. The maximum Gasteiger partial charge on any atom is 0.294 e. The molecule has 0 aliphatic heterocycles. The monoisotopic (exact) mass is 158 g/mol. The molecular formula is C5H6N2O2S. The zero-order valence-electron chi connectivity index (χ0n) is 5.06. The van der Waals surface area contributed by atoms with Gasteiger partial charge in [-0.1, -0.05) is 0 Å². The topological polar surface area (TPSA) is 65.2 Å². The predicted octanol–water partition coefficient (Wildman–Crippen LogP) is 0.273. The average molecular weight is 158 g/mol. The molecule has 1 rings (SSSR count). The number of carbonyl (C=O) groups excluding carboxylic acids is 1. The Kier molecular flexibility index (Phi) is 2.35. The molecule has 0 aliphatic rings. The summed E-state index contributed by atoms with van der Waals surface area (Å²) in [6, 6.07) is 0. The summed E-state index contributed by atoms with van der Waals surface area (Å²) in [7, 11) is 0. The molecule has 1 unspecified atom stereocenters. The molecule has 0 radical (unpaired) electrons. The van der Waals surface area contributed by atoms with Gasteiger partial charge in [0.15, 0.2) is 6.23 Å². The Labute approximate surface area is 61.6 Å². The van der Waals surface area contributed by atoms with Crippen LogP contribution in [0.1, 0.15) is 11.9 Å². The molecule has 1 aromatic rings. The third-order valence-electron chi connectivity index (χ3n) is 0.945. The largest absolute Gasteiger partial charge is 0.443 e. The molecule has 0 saturated carbocycles. The summed E-state index contributed by atoms with van der Waals surface area (Å²) in [4.78, 5) is 13.6. The van der Waals surface area contributed by atoms with E-state index in [0.29, 0.717) is 12.2 Å². The Morgan fingerprint density at radius 2 is 2.70 bits per heavy atom. The molecule has 5 heteroatoms. The Bertz CT molecular complexity index is 199. The van der Waals surface area contributed by atoms with Crippen LogP contribution in [0.5, 0.6) is 0 Å².